The Hall–Kier alpha value is -3.62. The Morgan fingerprint density at radius 3 is 2.49 bits per heavy atom. The van der Waals surface area contributed by atoms with Gasteiger partial charge in [0, 0.05) is 43.4 Å². The van der Waals surface area contributed by atoms with Gasteiger partial charge in [-0.05, 0) is 73.9 Å². The molecule has 2 aliphatic rings. The number of carbonyl (C=O) groups excluding carboxylic acids is 2. The Labute approximate surface area is 232 Å². The number of aromatic nitrogens is 1. The van der Waals surface area contributed by atoms with Crippen LogP contribution >= 0.6 is 11.6 Å². The molecule has 0 unspecified atom stereocenters. The summed E-state index contributed by atoms with van der Waals surface area (Å²) in [7, 11) is 1.59. The van der Waals surface area contributed by atoms with Crippen molar-refractivity contribution >= 4 is 29.6 Å². The lowest BCUT2D eigenvalue weighted by Crippen LogP contribution is -2.51. The molecule has 3 heterocycles. The van der Waals surface area contributed by atoms with E-state index in [-0.39, 0.29) is 17.5 Å². The number of piperidine rings is 1. The van der Waals surface area contributed by atoms with E-state index in [1.54, 1.807) is 26.2 Å². The summed E-state index contributed by atoms with van der Waals surface area (Å²) in [5.74, 6) is -0.410. The normalized spacial score (nSPS) is 16.0. The van der Waals surface area contributed by atoms with Gasteiger partial charge in [0.25, 0.3) is 5.91 Å². The topological polar surface area (TPSA) is 64.0 Å². The van der Waals surface area contributed by atoms with E-state index in [9.17, 15) is 14.0 Å². The minimum absolute atomic E-state index is 0.131. The van der Waals surface area contributed by atoms with Crippen molar-refractivity contribution in [3.05, 3.63) is 76.2 Å². The van der Waals surface area contributed by atoms with Crippen molar-refractivity contribution in [2.75, 3.05) is 33.4 Å². The molecule has 0 saturated carbocycles. The molecule has 0 atom stereocenters. The van der Waals surface area contributed by atoms with Crippen molar-refractivity contribution in [3.63, 3.8) is 0 Å². The Balaban J connectivity index is 1.77. The number of halogens is 2. The van der Waals surface area contributed by atoms with Crippen LogP contribution in [0.1, 0.15) is 47.8 Å². The highest BCUT2D eigenvalue weighted by molar-refractivity contribution is 6.32. The maximum atomic E-state index is 14.2. The summed E-state index contributed by atoms with van der Waals surface area (Å²) in [6.07, 6.45) is 6.77. The fraction of sp³-hybridized carbons (Fsp3) is 0.333. The van der Waals surface area contributed by atoms with E-state index >= 15 is 0 Å². The smallest absolute Gasteiger partial charge is 0.330 e. The number of ether oxygens (including phenoxy) is 2. The lowest BCUT2D eigenvalue weighted by molar-refractivity contribution is -0.137. The molecule has 1 amide bonds. The highest BCUT2D eigenvalue weighted by Crippen LogP contribution is 2.41. The summed E-state index contributed by atoms with van der Waals surface area (Å²) in [5, 5.41) is 4.18. The van der Waals surface area contributed by atoms with Crippen LogP contribution in [-0.4, -0.2) is 59.8 Å². The Morgan fingerprint density at radius 1 is 1.08 bits per heavy atom. The number of hydrogen-bond acceptors (Lipinski definition) is 5. The largest absolute Gasteiger partial charge is 0.497 e. The molecule has 1 aromatic heterocycles. The fourth-order valence-corrected chi connectivity index (χ4v) is 5.67. The predicted octanol–water partition coefficient (Wildman–Crippen LogP) is 5.92. The zero-order valence-corrected chi connectivity index (χ0v) is 22.8. The minimum Gasteiger partial charge on any atom is -0.497 e. The quantitative estimate of drug-likeness (QED) is 0.269. The third kappa shape index (κ3) is 5.31. The third-order valence-corrected chi connectivity index (χ3v) is 7.48. The summed E-state index contributed by atoms with van der Waals surface area (Å²) in [4.78, 5) is 26.6. The summed E-state index contributed by atoms with van der Waals surface area (Å²) in [5.41, 5.74) is 3.84. The van der Waals surface area contributed by atoms with E-state index in [0.717, 1.165) is 43.6 Å². The third-order valence-electron chi connectivity index (χ3n) is 7.18. The van der Waals surface area contributed by atoms with Gasteiger partial charge in [0.2, 0.25) is 0 Å². The van der Waals surface area contributed by atoms with Gasteiger partial charge in [-0.25, -0.2) is 14.2 Å². The fourth-order valence-electron chi connectivity index (χ4n) is 5.41. The number of methoxy groups -OCH3 is 1. The van der Waals surface area contributed by atoms with Crippen molar-refractivity contribution in [3.8, 4) is 22.7 Å². The molecule has 0 bridgehead atoms. The van der Waals surface area contributed by atoms with Crippen molar-refractivity contribution in [2.45, 2.75) is 32.6 Å². The van der Waals surface area contributed by atoms with E-state index in [0.29, 0.717) is 41.2 Å². The summed E-state index contributed by atoms with van der Waals surface area (Å²) >= 11 is 6.60. The van der Waals surface area contributed by atoms with Gasteiger partial charge in [-0.1, -0.05) is 18.0 Å². The lowest BCUT2D eigenvalue weighted by atomic mass is 9.99. The first-order valence-corrected chi connectivity index (χ1v) is 13.6. The molecule has 1 saturated heterocycles. The zero-order chi connectivity index (χ0) is 27.5. The van der Waals surface area contributed by atoms with E-state index in [2.05, 4.69) is 5.01 Å². The summed E-state index contributed by atoms with van der Waals surface area (Å²) in [6, 6.07) is 11.7. The van der Waals surface area contributed by atoms with E-state index in [4.69, 9.17) is 21.1 Å². The average molecular weight is 552 g/mol. The highest BCUT2D eigenvalue weighted by atomic mass is 35.5. The molecule has 9 heteroatoms. The number of fused-ring (bicyclic) bond motifs is 1. The molecule has 0 spiro atoms. The molecule has 3 aromatic rings. The molecule has 7 nitrogen and oxygen atoms in total. The molecular weight excluding hydrogens is 521 g/mol. The van der Waals surface area contributed by atoms with E-state index < -0.39 is 11.8 Å². The first kappa shape index (κ1) is 27.0. The molecule has 2 aromatic carbocycles. The van der Waals surface area contributed by atoms with Gasteiger partial charge >= 0.3 is 5.97 Å². The maximum absolute atomic E-state index is 14.2. The van der Waals surface area contributed by atoms with Gasteiger partial charge in [0.1, 0.15) is 11.6 Å². The van der Waals surface area contributed by atoms with Crippen LogP contribution < -0.4 is 4.74 Å². The number of carbonyl (C=O) groups is 2. The first-order chi connectivity index (χ1) is 18.9. The van der Waals surface area contributed by atoms with Gasteiger partial charge in [-0.3, -0.25) is 9.80 Å². The number of nitrogens with zero attached hydrogens (tertiary/aromatic N) is 3. The van der Waals surface area contributed by atoms with Gasteiger partial charge in [0.05, 0.1) is 35.7 Å². The molecule has 2 aliphatic heterocycles. The monoisotopic (exact) mass is 551 g/mol. The Kier molecular flexibility index (Phi) is 8.04. The van der Waals surface area contributed by atoms with Crippen molar-refractivity contribution in [1.29, 1.82) is 0 Å². The van der Waals surface area contributed by atoms with Crippen molar-refractivity contribution in [2.24, 2.45) is 0 Å². The SMILES string of the molecule is CCOC(=O)/C=C/c1c2c(n(-c3ccc(F)cc3Cl)c1-c1ccc(OC)cc1)CCN(N1CCCCC1)C2=O. The van der Waals surface area contributed by atoms with Gasteiger partial charge in [-0.15, -0.1) is 0 Å². The molecule has 39 heavy (non-hydrogen) atoms. The molecular formula is C30H31ClFN3O4. The lowest BCUT2D eigenvalue weighted by Gasteiger charge is -2.39. The van der Waals surface area contributed by atoms with Crippen LogP contribution in [0.15, 0.2) is 48.5 Å². The van der Waals surface area contributed by atoms with Gasteiger partial charge in [-0.2, -0.15) is 0 Å². The van der Waals surface area contributed by atoms with Crippen LogP contribution in [0, 0.1) is 5.82 Å². The van der Waals surface area contributed by atoms with Gasteiger partial charge < -0.3 is 14.0 Å². The molecule has 1 fully saturated rings. The van der Waals surface area contributed by atoms with Crippen molar-refractivity contribution < 1.29 is 23.5 Å². The Morgan fingerprint density at radius 2 is 1.82 bits per heavy atom. The maximum Gasteiger partial charge on any atom is 0.330 e. The number of esters is 1. The Bertz CT molecular complexity index is 1410. The minimum atomic E-state index is -0.504. The van der Waals surface area contributed by atoms with Crippen LogP contribution in [0.5, 0.6) is 5.75 Å². The second-order valence-electron chi connectivity index (χ2n) is 9.52. The summed E-state index contributed by atoms with van der Waals surface area (Å²) in [6.45, 7) is 4.14. The number of benzene rings is 2. The van der Waals surface area contributed by atoms with Gasteiger partial charge in [0.15, 0.2) is 0 Å². The van der Waals surface area contributed by atoms with Crippen LogP contribution in [0.25, 0.3) is 23.0 Å². The average Bonchev–Trinajstić information content (AvgIpc) is 3.27. The molecule has 0 aliphatic carbocycles. The van der Waals surface area contributed by atoms with Crippen molar-refractivity contribution in [1.82, 2.24) is 14.6 Å². The van der Waals surface area contributed by atoms with Crippen LogP contribution in [0.4, 0.5) is 4.39 Å². The van der Waals surface area contributed by atoms with E-state index in [1.807, 2.05) is 33.8 Å². The molecule has 204 valence electrons. The van der Waals surface area contributed by atoms with Crippen LogP contribution in [-0.2, 0) is 16.0 Å². The number of rotatable bonds is 7. The first-order valence-electron chi connectivity index (χ1n) is 13.2. The number of hydrazine groups is 1. The predicted molar refractivity (Wildman–Crippen MR) is 149 cm³/mol. The molecule has 5 rings (SSSR count). The standard InChI is InChI=1S/C30H31ClFN3O4/c1-3-39-27(36)14-12-23-28-26(15-18-34(30(28)37)33-16-5-4-6-17-33)35(25-13-9-21(32)19-24(25)31)29(23)20-7-10-22(38-2)11-8-20/h7-14,19H,3-6,15-18H2,1-2H3/b14-12+. The highest BCUT2D eigenvalue weighted by Gasteiger charge is 2.37. The van der Waals surface area contributed by atoms with Crippen LogP contribution in [0.3, 0.4) is 0 Å². The van der Waals surface area contributed by atoms with Crippen LogP contribution in [0.2, 0.25) is 5.02 Å². The second kappa shape index (κ2) is 11.6. The van der Waals surface area contributed by atoms with E-state index in [1.165, 1.54) is 18.2 Å². The molecule has 0 radical (unpaired) electrons. The zero-order valence-electron chi connectivity index (χ0n) is 22.1. The second-order valence-corrected chi connectivity index (χ2v) is 9.93. The summed E-state index contributed by atoms with van der Waals surface area (Å²) < 4.78 is 26.5. The number of amides is 1. The number of hydrogen-bond donors (Lipinski definition) is 0. The molecule has 0 N–H and O–H groups in total.